The van der Waals surface area contributed by atoms with E-state index in [0.29, 0.717) is 18.1 Å². The number of carbonyl (C=O) groups excluding carboxylic acids is 1. The SMILES string of the molecule is CCOc1ccc(-c2cc(C(=O)Nc3ccc(C(C)C)cc3)c3ccccc3n2)cc1. The second kappa shape index (κ2) is 9.00. The van der Waals surface area contributed by atoms with Gasteiger partial charge in [0.2, 0.25) is 0 Å². The highest BCUT2D eigenvalue weighted by Crippen LogP contribution is 2.27. The lowest BCUT2D eigenvalue weighted by Gasteiger charge is -2.12. The van der Waals surface area contributed by atoms with Gasteiger partial charge in [-0.2, -0.15) is 0 Å². The number of para-hydroxylation sites is 1. The molecule has 4 nitrogen and oxygen atoms in total. The molecule has 0 fully saturated rings. The second-order valence-electron chi connectivity index (χ2n) is 7.76. The Balaban J connectivity index is 1.69. The molecule has 1 N–H and O–H groups in total. The Morgan fingerprint density at radius 3 is 2.35 bits per heavy atom. The van der Waals surface area contributed by atoms with E-state index in [0.717, 1.165) is 33.6 Å². The Labute approximate surface area is 182 Å². The number of amides is 1. The molecule has 0 atom stereocenters. The minimum atomic E-state index is -0.150. The lowest BCUT2D eigenvalue weighted by molar-refractivity contribution is 0.102. The zero-order valence-corrected chi connectivity index (χ0v) is 18.1. The first-order valence-corrected chi connectivity index (χ1v) is 10.6. The van der Waals surface area contributed by atoms with Gasteiger partial charge in [0.1, 0.15) is 5.75 Å². The van der Waals surface area contributed by atoms with Crippen LogP contribution < -0.4 is 10.1 Å². The highest BCUT2D eigenvalue weighted by molar-refractivity contribution is 6.13. The van der Waals surface area contributed by atoms with Gasteiger partial charge >= 0.3 is 0 Å². The van der Waals surface area contributed by atoms with Gasteiger partial charge in [-0.3, -0.25) is 4.79 Å². The van der Waals surface area contributed by atoms with Crippen molar-refractivity contribution in [2.45, 2.75) is 26.7 Å². The van der Waals surface area contributed by atoms with Gasteiger partial charge < -0.3 is 10.1 Å². The van der Waals surface area contributed by atoms with Gasteiger partial charge in [-0.25, -0.2) is 4.98 Å². The van der Waals surface area contributed by atoms with Crippen molar-refractivity contribution in [3.63, 3.8) is 0 Å². The molecule has 0 aliphatic rings. The van der Waals surface area contributed by atoms with Crippen molar-refractivity contribution in [3.8, 4) is 17.0 Å². The Morgan fingerprint density at radius 2 is 1.68 bits per heavy atom. The highest BCUT2D eigenvalue weighted by atomic mass is 16.5. The average molecular weight is 411 g/mol. The molecule has 0 saturated heterocycles. The maximum Gasteiger partial charge on any atom is 0.256 e. The molecule has 0 bridgehead atoms. The van der Waals surface area contributed by atoms with Crippen LogP contribution in [0.5, 0.6) is 5.75 Å². The number of hydrogen-bond acceptors (Lipinski definition) is 3. The topological polar surface area (TPSA) is 51.2 Å². The van der Waals surface area contributed by atoms with Gasteiger partial charge in [-0.05, 0) is 66.9 Å². The van der Waals surface area contributed by atoms with Crippen molar-refractivity contribution in [2.24, 2.45) is 0 Å². The number of nitrogens with one attached hydrogen (secondary N) is 1. The number of nitrogens with zero attached hydrogens (tertiary/aromatic N) is 1. The Morgan fingerprint density at radius 1 is 0.968 bits per heavy atom. The fourth-order valence-electron chi connectivity index (χ4n) is 3.55. The number of ether oxygens (including phenoxy) is 1. The summed E-state index contributed by atoms with van der Waals surface area (Å²) < 4.78 is 5.53. The summed E-state index contributed by atoms with van der Waals surface area (Å²) in [4.78, 5) is 18.0. The summed E-state index contributed by atoms with van der Waals surface area (Å²) in [6.07, 6.45) is 0. The fraction of sp³-hybridized carbons (Fsp3) is 0.185. The minimum Gasteiger partial charge on any atom is -0.494 e. The first-order chi connectivity index (χ1) is 15.0. The van der Waals surface area contributed by atoms with E-state index in [1.54, 1.807) is 0 Å². The smallest absolute Gasteiger partial charge is 0.256 e. The largest absolute Gasteiger partial charge is 0.494 e. The zero-order valence-electron chi connectivity index (χ0n) is 18.1. The van der Waals surface area contributed by atoms with E-state index in [9.17, 15) is 4.79 Å². The second-order valence-corrected chi connectivity index (χ2v) is 7.76. The van der Waals surface area contributed by atoms with Gasteiger partial charge in [0, 0.05) is 16.6 Å². The Bertz CT molecular complexity index is 1200. The predicted octanol–water partition coefficient (Wildman–Crippen LogP) is 6.68. The molecule has 4 aromatic rings. The van der Waals surface area contributed by atoms with Crippen LogP contribution in [0.25, 0.3) is 22.2 Å². The Hall–Kier alpha value is -3.66. The molecule has 156 valence electrons. The molecule has 0 spiro atoms. The third-order valence-electron chi connectivity index (χ3n) is 5.26. The quantitative estimate of drug-likeness (QED) is 0.386. The number of hydrogen-bond donors (Lipinski definition) is 1. The van der Waals surface area contributed by atoms with Gasteiger partial charge in [-0.1, -0.05) is 44.2 Å². The third kappa shape index (κ3) is 4.58. The lowest BCUT2D eigenvalue weighted by Crippen LogP contribution is -2.13. The molecular formula is C27H26N2O2. The molecule has 0 radical (unpaired) electrons. The van der Waals surface area contributed by atoms with Crippen LogP contribution in [0.15, 0.2) is 78.9 Å². The summed E-state index contributed by atoms with van der Waals surface area (Å²) in [7, 11) is 0. The molecule has 31 heavy (non-hydrogen) atoms. The monoisotopic (exact) mass is 410 g/mol. The first kappa shape index (κ1) is 20.6. The highest BCUT2D eigenvalue weighted by Gasteiger charge is 2.14. The number of carbonyl (C=O) groups is 1. The summed E-state index contributed by atoms with van der Waals surface area (Å²) in [5.74, 6) is 1.11. The molecule has 0 aliphatic heterocycles. The average Bonchev–Trinajstić information content (AvgIpc) is 2.79. The number of anilines is 1. The van der Waals surface area contributed by atoms with Crippen LogP contribution in [0.1, 0.15) is 42.6 Å². The standard InChI is InChI=1S/C27H26N2O2/c1-4-31-22-15-11-20(12-16-22)26-17-24(23-7-5-6-8-25(23)29-26)27(30)28-21-13-9-19(10-14-21)18(2)3/h5-18H,4H2,1-3H3,(H,28,30). The molecule has 1 aromatic heterocycles. The summed E-state index contributed by atoms with van der Waals surface area (Å²) in [5.41, 5.74) is 5.09. The van der Waals surface area contributed by atoms with E-state index in [1.807, 2.05) is 73.7 Å². The van der Waals surface area contributed by atoms with Crippen molar-refractivity contribution >= 4 is 22.5 Å². The van der Waals surface area contributed by atoms with Gasteiger partial charge in [0.25, 0.3) is 5.91 Å². The minimum absolute atomic E-state index is 0.150. The van der Waals surface area contributed by atoms with Gasteiger partial charge in [0.15, 0.2) is 0 Å². The molecule has 0 unspecified atom stereocenters. The molecule has 0 saturated carbocycles. The van der Waals surface area contributed by atoms with Crippen molar-refractivity contribution in [1.29, 1.82) is 0 Å². The van der Waals surface area contributed by atoms with E-state index in [1.165, 1.54) is 5.56 Å². The van der Waals surface area contributed by atoms with Crippen LogP contribution in [0, 0.1) is 0 Å². The van der Waals surface area contributed by atoms with E-state index in [2.05, 4.69) is 31.3 Å². The zero-order chi connectivity index (χ0) is 21.8. The predicted molar refractivity (Wildman–Crippen MR) is 127 cm³/mol. The number of fused-ring (bicyclic) bond motifs is 1. The van der Waals surface area contributed by atoms with Crippen LogP contribution in [0.4, 0.5) is 5.69 Å². The number of benzene rings is 3. The number of aromatic nitrogens is 1. The summed E-state index contributed by atoms with van der Waals surface area (Å²) in [6, 6.07) is 25.4. The van der Waals surface area contributed by atoms with Gasteiger partial charge in [0.05, 0.1) is 23.4 Å². The van der Waals surface area contributed by atoms with Crippen molar-refractivity contribution in [1.82, 2.24) is 4.98 Å². The maximum absolute atomic E-state index is 13.2. The van der Waals surface area contributed by atoms with Gasteiger partial charge in [-0.15, -0.1) is 0 Å². The van der Waals surface area contributed by atoms with Crippen LogP contribution >= 0.6 is 0 Å². The first-order valence-electron chi connectivity index (χ1n) is 10.6. The van der Waals surface area contributed by atoms with E-state index < -0.39 is 0 Å². The molecule has 3 aromatic carbocycles. The van der Waals surface area contributed by atoms with E-state index in [4.69, 9.17) is 9.72 Å². The molecular weight excluding hydrogens is 384 g/mol. The van der Waals surface area contributed by atoms with Crippen molar-refractivity contribution in [2.75, 3.05) is 11.9 Å². The fourth-order valence-corrected chi connectivity index (χ4v) is 3.55. The lowest BCUT2D eigenvalue weighted by atomic mass is 10.0. The molecule has 0 aliphatic carbocycles. The van der Waals surface area contributed by atoms with E-state index >= 15 is 0 Å². The molecule has 4 rings (SSSR count). The Kier molecular flexibility index (Phi) is 5.99. The normalized spacial score (nSPS) is 11.0. The van der Waals surface area contributed by atoms with Crippen LogP contribution in [0.3, 0.4) is 0 Å². The number of pyridine rings is 1. The summed E-state index contributed by atoms with van der Waals surface area (Å²) in [6.45, 7) is 6.88. The summed E-state index contributed by atoms with van der Waals surface area (Å²) >= 11 is 0. The van der Waals surface area contributed by atoms with Crippen molar-refractivity contribution < 1.29 is 9.53 Å². The van der Waals surface area contributed by atoms with E-state index in [-0.39, 0.29) is 5.91 Å². The molecule has 4 heteroatoms. The van der Waals surface area contributed by atoms with Crippen LogP contribution in [0.2, 0.25) is 0 Å². The maximum atomic E-state index is 13.2. The molecule has 1 amide bonds. The van der Waals surface area contributed by atoms with Crippen LogP contribution in [-0.2, 0) is 0 Å². The van der Waals surface area contributed by atoms with Crippen LogP contribution in [-0.4, -0.2) is 17.5 Å². The molecule has 1 heterocycles. The van der Waals surface area contributed by atoms with Crippen molar-refractivity contribution in [3.05, 3.63) is 90.0 Å². The third-order valence-corrected chi connectivity index (χ3v) is 5.26. The number of rotatable bonds is 6. The summed E-state index contributed by atoms with van der Waals surface area (Å²) in [5, 5.41) is 3.86.